The minimum atomic E-state index is -0.642. The third-order valence-corrected chi connectivity index (χ3v) is 4.45. The molecule has 0 spiro atoms. The summed E-state index contributed by atoms with van der Waals surface area (Å²) in [5, 5.41) is 0. The molecule has 1 aliphatic rings. The van der Waals surface area contributed by atoms with Crippen LogP contribution in [0.15, 0.2) is 83.5 Å². The number of rotatable bonds is 6. The van der Waals surface area contributed by atoms with Crippen LogP contribution in [0.3, 0.4) is 0 Å². The third kappa shape index (κ3) is 4.22. The van der Waals surface area contributed by atoms with Crippen LogP contribution in [0.4, 0.5) is 4.39 Å². The fourth-order valence-electron chi connectivity index (χ4n) is 2.93. The first-order valence-corrected chi connectivity index (χ1v) is 9.26. The predicted molar refractivity (Wildman–Crippen MR) is 111 cm³/mol. The molecule has 0 atom stereocenters. The van der Waals surface area contributed by atoms with Crippen LogP contribution in [0.1, 0.15) is 16.7 Å². The first-order chi connectivity index (χ1) is 14.6. The highest BCUT2D eigenvalue weighted by Crippen LogP contribution is 2.32. The molecule has 0 saturated carbocycles. The maximum absolute atomic E-state index is 14.7. The highest BCUT2D eigenvalue weighted by atomic mass is 19.1. The zero-order valence-electron chi connectivity index (χ0n) is 16.2. The Bertz CT molecular complexity index is 1120. The number of esters is 1. The topological polar surface area (TPSA) is 57.1 Å². The molecule has 1 aliphatic heterocycles. The molecule has 0 saturated heterocycles. The highest BCUT2D eigenvalue weighted by molar-refractivity contribution is 6.12. The fourth-order valence-corrected chi connectivity index (χ4v) is 2.93. The van der Waals surface area contributed by atoms with Gasteiger partial charge in [-0.2, -0.15) is 0 Å². The van der Waals surface area contributed by atoms with Crippen molar-refractivity contribution in [1.82, 2.24) is 0 Å². The molecule has 0 N–H and O–H groups in total. The van der Waals surface area contributed by atoms with E-state index < -0.39 is 11.8 Å². The number of carbonyl (C=O) groups excluding carboxylic acids is 1. The van der Waals surface area contributed by atoms with Crippen LogP contribution in [0.5, 0.6) is 11.5 Å². The third-order valence-electron chi connectivity index (χ3n) is 4.45. The summed E-state index contributed by atoms with van der Waals surface area (Å²) in [6, 6.07) is 21.3. The molecule has 3 aromatic carbocycles. The lowest BCUT2D eigenvalue weighted by Crippen LogP contribution is -2.05. The molecule has 0 aromatic heterocycles. The first-order valence-electron chi connectivity index (χ1n) is 9.26. The summed E-state index contributed by atoms with van der Waals surface area (Å²) in [7, 11) is 1.47. The molecule has 0 fully saturated rings. The Balaban J connectivity index is 1.60. The standard InChI is InChI=1S/C24H18FNO4/c1-28-21-13-18(19(25)14-22(21)29-15-16-8-4-2-5-9-16)12-20-24(27)30-23(26-20)17-10-6-3-7-11-17/h2-14H,15H2,1H3/b20-12+. The van der Waals surface area contributed by atoms with Gasteiger partial charge in [0.2, 0.25) is 5.90 Å². The molecule has 5 nitrogen and oxygen atoms in total. The van der Waals surface area contributed by atoms with Crippen LogP contribution in [-0.2, 0) is 16.1 Å². The van der Waals surface area contributed by atoms with Gasteiger partial charge < -0.3 is 14.2 Å². The van der Waals surface area contributed by atoms with Crippen LogP contribution in [0.2, 0.25) is 0 Å². The van der Waals surface area contributed by atoms with Crippen LogP contribution in [-0.4, -0.2) is 19.0 Å². The quantitative estimate of drug-likeness (QED) is 0.440. The zero-order chi connectivity index (χ0) is 20.9. The molecule has 4 rings (SSSR count). The van der Waals surface area contributed by atoms with E-state index >= 15 is 0 Å². The van der Waals surface area contributed by atoms with Gasteiger partial charge in [0.05, 0.1) is 7.11 Å². The van der Waals surface area contributed by atoms with Crippen molar-refractivity contribution < 1.29 is 23.4 Å². The number of hydrogen-bond acceptors (Lipinski definition) is 5. The average Bonchev–Trinajstić information content (AvgIpc) is 3.15. The molecule has 0 radical (unpaired) electrons. The number of carbonyl (C=O) groups is 1. The Morgan fingerprint density at radius 3 is 2.40 bits per heavy atom. The largest absolute Gasteiger partial charge is 0.493 e. The van der Waals surface area contributed by atoms with Gasteiger partial charge in [0, 0.05) is 17.2 Å². The van der Waals surface area contributed by atoms with Crippen molar-refractivity contribution in [3.63, 3.8) is 0 Å². The number of nitrogens with zero attached hydrogens (tertiary/aromatic N) is 1. The van der Waals surface area contributed by atoms with Gasteiger partial charge in [-0.3, -0.25) is 0 Å². The highest BCUT2D eigenvalue weighted by Gasteiger charge is 2.24. The number of cyclic esters (lactones) is 1. The van der Waals surface area contributed by atoms with Crippen molar-refractivity contribution in [2.24, 2.45) is 4.99 Å². The van der Waals surface area contributed by atoms with Gasteiger partial charge in [-0.25, -0.2) is 14.2 Å². The van der Waals surface area contributed by atoms with Gasteiger partial charge in [0.15, 0.2) is 17.2 Å². The summed E-state index contributed by atoms with van der Waals surface area (Å²) in [6.45, 7) is 0.272. The second-order valence-corrected chi connectivity index (χ2v) is 6.50. The molecular formula is C24H18FNO4. The number of aliphatic imine (C=N–C) groups is 1. The van der Waals surface area contributed by atoms with Gasteiger partial charge in [-0.15, -0.1) is 0 Å². The Morgan fingerprint density at radius 1 is 1.00 bits per heavy atom. The van der Waals surface area contributed by atoms with Gasteiger partial charge >= 0.3 is 5.97 Å². The number of halogens is 1. The molecule has 6 heteroatoms. The molecule has 1 heterocycles. The molecular weight excluding hydrogens is 385 g/mol. The van der Waals surface area contributed by atoms with E-state index in [1.165, 1.54) is 25.3 Å². The van der Waals surface area contributed by atoms with Crippen molar-refractivity contribution in [3.05, 3.63) is 101 Å². The maximum Gasteiger partial charge on any atom is 0.363 e. The summed E-state index contributed by atoms with van der Waals surface area (Å²) in [4.78, 5) is 16.4. The van der Waals surface area contributed by atoms with Gasteiger partial charge in [-0.1, -0.05) is 48.5 Å². The van der Waals surface area contributed by atoms with E-state index in [0.717, 1.165) is 5.56 Å². The lowest BCUT2D eigenvalue weighted by molar-refractivity contribution is -0.129. The maximum atomic E-state index is 14.7. The van der Waals surface area contributed by atoms with Crippen molar-refractivity contribution in [3.8, 4) is 11.5 Å². The normalized spacial score (nSPS) is 14.4. The van der Waals surface area contributed by atoms with Crippen molar-refractivity contribution in [2.75, 3.05) is 7.11 Å². The second-order valence-electron chi connectivity index (χ2n) is 6.50. The van der Waals surface area contributed by atoms with E-state index in [1.807, 2.05) is 48.5 Å². The van der Waals surface area contributed by atoms with Gasteiger partial charge in [0.25, 0.3) is 0 Å². The zero-order valence-corrected chi connectivity index (χ0v) is 16.2. The summed E-state index contributed by atoms with van der Waals surface area (Å²) >= 11 is 0. The van der Waals surface area contributed by atoms with Gasteiger partial charge in [-0.05, 0) is 29.8 Å². The van der Waals surface area contributed by atoms with E-state index in [4.69, 9.17) is 14.2 Å². The molecule has 0 unspecified atom stereocenters. The van der Waals surface area contributed by atoms with Gasteiger partial charge in [0.1, 0.15) is 12.4 Å². The minimum absolute atomic E-state index is 0.00719. The Kier molecular flexibility index (Phi) is 5.57. The number of methoxy groups -OCH3 is 1. The Morgan fingerprint density at radius 2 is 1.70 bits per heavy atom. The smallest absolute Gasteiger partial charge is 0.363 e. The first kappa shape index (κ1) is 19.4. The van der Waals surface area contributed by atoms with E-state index in [0.29, 0.717) is 11.3 Å². The van der Waals surface area contributed by atoms with Crippen LogP contribution < -0.4 is 9.47 Å². The second kappa shape index (κ2) is 8.61. The lowest BCUT2D eigenvalue weighted by Gasteiger charge is -2.12. The van der Waals surface area contributed by atoms with Crippen LogP contribution in [0.25, 0.3) is 6.08 Å². The predicted octanol–water partition coefficient (Wildman–Crippen LogP) is 4.76. The van der Waals surface area contributed by atoms with Crippen LogP contribution in [0, 0.1) is 5.82 Å². The minimum Gasteiger partial charge on any atom is -0.493 e. The molecule has 30 heavy (non-hydrogen) atoms. The number of benzene rings is 3. The summed E-state index contributed by atoms with van der Waals surface area (Å²) < 4.78 is 31.0. The molecule has 0 bridgehead atoms. The summed E-state index contributed by atoms with van der Waals surface area (Å²) in [5.41, 5.74) is 1.76. The molecule has 0 amide bonds. The van der Waals surface area contributed by atoms with E-state index in [9.17, 15) is 9.18 Å². The summed E-state index contributed by atoms with van der Waals surface area (Å²) in [5.74, 6) is -0.414. The van der Waals surface area contributed by atoms with E-state index in [1.54, 1.807) is 12.1 Å². The monoisotopic (exact) mass is 403 g/mol. The lowest BCUT2D eigenvalue weighted by atomic mass is 10.1. The fraction of sp³-hybridized carbons (Fsp3) is 0.0833. The van der Waals surface area contributed by atoms with Crippen molar-refractivity contribution >= 4 is 17.9 Å². The molecule has 3 aromatic rings. The number of hydrogen-bond donors (Lipinski definition) is 0. The summed E-state index contributed by atoms with van der Waals surface area (Å²) in [6.07, 6.45) is 1.33. The van der Waals surface area contributed by atoms with Crippen LogP contribution >= 0.6 is 0 Å². The van der Waals surface area contributed by atoms with Crippen molar-refractivity contribution in [1.29, 1.82) is 0 Å². The molecule has 0 aliphatic carbocycles. The van der Waals surface area contributed by atoms with Crippen molar-refractivity contribution in [2.45, 2.75) is 6.61 Å². The Labute approximate surface area is 173 Å². The SMILES string of the molecule is COc1cc(/C=C2/N=C(c3ccccc3)OC2=O)c(F)cc1OCc1ccccc1. The average molecular weight is 403 g/mol. The Hall–Kier alpha value is -3.93. The number of ether oxygens (including phenoxy) is 3. The molecule has 150 valence electrons. The van der Waals surface area contributed by atoms with E-state index in [2.05, 4.69) is 4.99 Å². The van der Waals surface area contributed by atoms with E-state index in [-0.39, 0.29) is 29.5 Å².